The molecule has 5 N–H and O–H groups in total. The molecule has 0 saturated carbocycles. The first-order valence-electron chi connectivity index (χ1n) is 15.9. The number of hydrazone groups is 1. The Morgan fingerprint density at radius 3 is 2.47 bits per heavy atom. The van der Waals surface area contributed by atoms with Gasteiger partial charge in [-0.25, -0.2) is 4.98 Å². The second kappa shape index (κ2) is 15.1. The average Bonchev–Trinajstić information content (AvgIpc) is 3.05. The second-order valence-electron chi connectivity index (χ2n) is 12.6. The van der Waals surface area contributed by atoms with Gasteiger partial charge in [0.15, 0.2) is 0 Å². The summed E-state index contributed by atoms with van der Waals surface area (Å²) in [6.07, 6.45) is 5.54. The molecule has 47 heavy (non-hydrogen) atoms. The van der Waals surface area contributed by atoms with Gasteiger partial charge < -0.3 is 35.2 Å². The summed E-state index contributed by atoms with van der Waals surface area (Å²) in [6, 6.07) is 10.4. The van der Waals surface area contributed by atoms with Crippen molar-refractivity contribution in [2.24, 2.45) is 5.10 Å². The summed E-state index contributed by atoms with van der Waals surface area (Å²) in [4.78, 5) is 16.8. The Morgan fingerprint density at radius 2 is 1.81 bits per heavy atom. The van der Waals surface area contributed by atoms with Gasteiger partial charge in [-0.15, -0.1) is 0 Å². The molecule has 252 valence electrons. The minimum Gasteiger partial charge on any atom is -0.494 e. The Morgan fingerprint density at radius 1 is 1.09 bits per heavy atom. The van der Waals surface area contributed by atoms with Crippen LogP contribution < -0.4 is 36.4 Å². The van der Waals surface area contributed by atoms with Crippen molar-refractivity contribution >= 4 is 69.1 Å². The van der Waals surface area contributed by atoms with Crippen LogP contribution in [0.4, 0.5) is 28.8 Å². The number of aryl methyl sites for hydroxylation is 1. The van der Waals surface area contributed by atoms with Crippen LogP contribution in [-0.2, 0) is 4.57 Å². The molecule has 0 radical (unpaired) electrons. The van der Waals surface area contributed by atoms with Crippen LogP contribution in [0.1, 0.15) is 24.0 Å². The molecule has 3 aromatic rings. The van der Waals surface area contributed by atoms with E-state index < -0.39 is 7.14 Å². The Labute approximate surface area is 286 Å². The van der Waals surface area contributed by atoms with Crippen LogP contribution >= 0.6 is 23.1 Å². The van der Waals surface area contributed by atoms with Crippen LogP contribution in [0, 0.1) is 6.92 Å². The van der Waals surface area contributed by atoms with Gasteiger partial charge in [0.25, 0.3) is 0 Å². The fourth-order valence-electron chi connectivity index (χ4n) is 6.18. The van der Waals surface area contributed by atoms with Gasteiger partial charge in [0.2, 0.25) is 11.7 Å². The number of aromatic nitrogens is 2. The minimum atomic E-state index is -2.70. The molecule has 2 aromatic carbocycles. The molecule has 0 unspecified atom stereocenters. The molecular weight excluding hydrogens is 679 g/mol. The molecule has 1 aromatic heterocycles. The fourth-order valence-corrected chi connectivity index (χ4v) is 7.63. The molecule has 0 amide bonds. The molecule has 0 aliphatic carbocycles. The van der Waals surface area contributed by atoms with Gasteiger partial charge in [0.05, 0.1) is 23.0 Å². The van der Waals surface area contributed by atoms with Gasteiger partial charge in [0.1, 0.15) is 24.9 Å². The van der Waals surface area contributed by atoms with E-state index in [2.05, 4.69) is 82.9 Å². The number of hydrogen-bond acceptors (Lipinski definition) is 11. The van der Waals surface area contributed by atoms with E-state index >= 15 is 0 Å². The van der Waals surface area contributed by atoms with Gasteiger partial charge in [-0.3, -0.25) is 10.3 Å². The number of piperazine rings is 1. The molecule has 0 atom stereocenters. The number of benzene rings is 2. The van der Waals surface area contributed by atoms with Crippen molar-refractivity contribution in [2.45, 2.75) is 25.8 Å². The van der Waals surface area contributed by atoms with E-state index in [1.807, 2.05) is 18.2 Å². The zero-order chi connectivity index (χ0) is 33.7. The SMILES string of the molecule is CN/N=C\C(=[NH2+])c1ccc(Nc2nc(Nc3cc(C)c(N4CCC(N5CCN(C)CC5)CC4)cc3OC)ncc2Br)c(P(C)(C)=O)c1. The molecule has 2 aliphatic rings. The van der Waals surface area contributed by atoms with Gasteiger partial charge in [-0.1, -0.05) is 0 Å². The van der Waals surface area contributed by atoms with Crippen molar-refractivity contribution in [3.8, 4) is 5.75 Å². The number of nitrogens with zero attached hydrogens (tertiary/aromatic N) is 6. The number of methoxy groups -OCH3 is 1. The highest BCUT2D eigenvalue weighted by Gasteiger charge is 2.28. The molecule has 2 fully saturated rings. The molecular formula is C33H47BrN10O2P+. The molecule has 0 spiro atoms. The lowest BCUT2D eigenvalue weighted by molar-refractivity contribution is -0.109. The van der Waals surface area contributed by atoms with E-state index in [4.69, 9.17) is 15.1 Å². The van der Waals surface area contributed by atoms with Gasteiger partial charge >= 0.3 is 0 Å². The Kier molecular flexibility index (Phi) is 11.2. The van der Waals surface area contributed by atoms with Crippen LogP contribution in [0.3, 0.4) is 0 Å². The molecule has 0 bridgehead atoms. The van der Waals surface area contributed by atoms with E-state index in [-0.39, 0.29) is 0 Å². The van der Waals surface area contributed by atoms with Crippen molar-refractivity contribution in [3.05, 3.63) is 52.1 Å². The smallest absolute Gasteiger partial charge is 0.229 e. The first-order valence-corrected chi connectivity index (χ1v) is 19.3. The third kappa shape index (κ3) is 8.51. The van der Waals surface area contributed by atoms with Crippen molar-refractivity contribution in [2.75, 3.05) is 89.3 Å². The second-order valence-corrected chi connectivity index (χ2v) is 16.6. The number of rotatable bonds is 11. The van der Waals surface area contributed by atoms with E-state index in [1.165, 1.54) is 24.7 Å². The maximum Gasteiger partial charge on any atom is 0.229 e. The molecule has 2 saturated heterocycles. The third-order valence-electron chi connectivity index (χ3n) is 8.87. The van der Waals surface area contributed by atoms with Crippen LogP contribution in [0.15, 0.2) is 46.1 Å². The summed E-state index contributed by atoms with van der Waals surface area (Å²) in [5, 5.41) is 17.5. The van der Waals surface area contributed by atoms with Crippen LogP contribution in [0.25, 0.3) is 0 Å². The standard InChI is InChI=1S/C33H46BrN10O2P/c1-22-17-28(30(46-4)19-29(22)44-11-9-24(10-12-44)43-15-13-42(3)14-16-43)40-33-37-20-25(34)32(41-33)39-27-8-7-23(26(35)21-38-36-2)18-31(27)47(5,6)45/h7-8,17-21,24,35-36H,9-16H2,1-6H3,(H2,37,39,40,41)/p+1/b35-26?,38-21-. The zero-order valence-corrected chi connectivity index (χ0v) is 30.7. The quantitative estimate of drug-likeness (QED) is 0.133. The monoisotopic (exact) mass is 725 g/mol. The summed E-state index contributed by atoms with van der Waals surface area (Å²) in [6.45, 7) is 12.3. The Balaban J connectivity index is 1.32. The Bertz CT molecular complexity index is 1660. The number of nitrogens with two attached hydrogens (primary N) is 1. The average molecular weight is 727 g/mol. The van der Waals surface area contributed by atoms with Gasteiger partial charge in [-0.05, 0) is 85.9 Å². The lowest BCUT2D eigenvalue weighted by Gasteiger charge is -2.43. The van der Waals surface area contributed by atoms with Crippen LogP contribution in [-0.4, -0.2) is 112 Å². The number of nitrogens with one attached hydrogen (secondary N) is 3. The summed E-state index contributed by atoms with van der Waals surface area (Å²) in [7, 11) is 2.89. The number of piperidine rings is 1. The summed E-state index contributed by atoms with van der Waals surface area (Å²) < 4.78 is 19.8. The highest BCUT2D eigenvalue weighted by Crippen LogP contribution is 2.40. The predicted molar refractivity (Wildman–Crippen MR) is 197 cm³/mol. The van der Waals surface area contributed by atoms with Crippen LogP contribution in [0.5, 0.6) is 5.75 Å². The van der Waals surface area contributed by atoms with E-state index in [0.717, 1.165) is 61.8 Å². The Hall–Kier alpha value is -3.51. The molecule has 12 nitrogen and oxygen atoms in total. The van der Waals surface area contributed by atoms with E-state index in [9.17, 15) is 4.57 Å². The fraction of sp³-hybridized carbons (Fsp3) is 0.455. The van der Waals surface area contributed by atoms with Crippen molar-refractivity contribution in [3.63, 3.8) is 0 Å². The third-order valence-corrected chi connectivity index (χ3v) is 11.0. The van der Waals surface area contributed by atoms with Gasteiger partial charge in [-0.2, -0.15) is 10.1 Å². The number of anilines is 5. The van der Waals surface area contributed by atoms with Crippen molar-refractivity contribution in [1.29, 1.82) is 0 Å². The number of hydrogen-bond donors (Lipinski definition) is 4. The van der Waals surface area contributed by atoms with Crippen LogP contribution in [0.2, 0.25) is 0 Å². The number of halogens is 1. The predicted octanol–water partition coefficient (Wildman–Crippen LogP) is 3.26. The first-order chi connectivity index (χ1) is 22.5. The normalized spacial score (nSPS) is 16.8. The maximum atomic E-state index is 13.3. The molecule has 2 aliphatic heterocycles. The minimum absolute atomic E-state index is 0.393. The number of likely N-dealkylation sites (N-methyl/N-ethyl adjacent to an activating group) is 1. The van der Waals surface area contributed by atoms with Gasteiger partial charge in [0, 0.05) is 81.2 Å². The van der Waals surface area contributed by atoms with Crippen molar-refractivity contribution in [1.82, 2.24) is 25.2 Å². The summed E-state index contributed by atoms with van der Waals surface area (Å²) >= 11 is 3.57. The largest absolute Gasteiger partial charge is 0.494 e. The lowest BCUT2D eigenvalue weighted by Crippen LogP contribution is -2.52. The van der Waals surface area contributed by atoms with E-state index in [1.54, 1.807) is 33.7 Å². The first kappa shape index (κ1) is 34.8. The zero-order valence-electron chi connectivity index (χ0n) is 28.2. The molecule has 3 heterocycles. The molecule has 14 heteroatoms. The highest BCUT2D eigenvalue weighted by atomic mass is 79.9. The summed E-state index contributed by atoms with van der Waals surface area (Å²) in [5.41, 5.74) is 7.67. The lowest BCUT2D eigenvalue weighted by atomic mass is 10.0. The van der Waals surface area contributed by atoms with Crippen molar-refractivity contribution < 1.29 is 14.7 Å². The topological polar surface area (TPSA) is 136 Å². The molecule has 5 rings (SSSR count). The highest BCUT2D eigenvalue weighted by molar-refractivity contribution is 9.10. The maximum absolute atomic E-state index is 13.3. The summed E-state index contributed by atoms with van der Waals surface area (Å²) in [5.74, 6) is 1.64. The van der Waals surface area contributed by atoms with E-state index in [0.29, 0.717) is 39.0 Å². The number of ether oxygens (including phenoxy) is 1.